The Morgan fingerprint density at radius 3 is 3.05 bits per heavy atom. The monoisotopic (exact) mass is 281 g/mol. The van der Waals surface area contributed by atoms with E-state index in [0.29, 0.717) is 18.8 Å². The highest BCUT2D eigenvalue weighted by Gasteiger charge is 2.21. The fourth-order valence-corrected chi connectivity index (χ4v) is 2.11. The number of benzene rings is 1. The Labute approximate surface area is 117 Å². The van der Waals surface area contributed by atoms with Crippen LogP contribution < -0.4 is 10.5 Å². The summed E-state index contributed by atoms with van der Waals surface area (Å²) in [7, 11) is 2.01. The maximum Gasteiger partial charge on any atom is 0.311 e. The molecule has 0 amide bonds. The molecule has 0 bridgehead atoms. The Kier molecular flexibility index (Phi) is 4.89. The molecule has 0 aromatic heterocycles. The van der Waals surface area contributed by atoms with Crippen LogP contribution in [0.15, 0.2) is 18.2 Å². The summed E-state index contributed by atoms with van der Waals surface area (Å²) in [6.45, 7) is 2.86. The van der Waals surface area contributed by atoms with Crippen LogP contribution in [-0.2, 0) is 11.3 Å². The number of ether oxygens (including phenoxy) is 2. The van der Waals surface area contributed by atoms with Gasteiger partial charge < -0.3 is 20.1 Å². The summed E-state index contributed by atoms with van der Waals surface area (Å²) < 4.78 is 11.1. The molecule has 1 heterocycles. The van der Waals surface area contributed by atoms with Crippen LogP contribution in [0.2, 0.25) is 0 Å². The molecule has 0 radical (unpaired) electrons. The molecule has 1 aliphatic rings. The van der Waals surface area contributed by atoms with Crippen LogP contribution in [0.5, 0.6) is 5.75 Å². The van der Waals surface area contributed by atoms with E-state index < -0.39 is 4.92 Å². The first kappa shape index (κ1) is 14.7. The second kappa shape index (κ2) is 6.65. The number of rotatable bonds is 5. The molecule has 2 N–H and O–H groups in total. The van der Waals surface area contributed by atoms with E-state index in [2.05, 4.69) is 4.90 Å². The predicted octanol–water partition coefficient (Wildman–Crippen LogP) is 0.763. The van der Waals surface area contributed by atoms with Crippen molar-refractivity contribution < 1.29 is 14.4 Å². The summed E-state index contributed by atoms with van der Waals surface area (Å²) in [5.41, 5.74) is 6.13. The SMILES string of the molecule is CN1CCOC(COc2ccc(CN)cc2[N+](=O)[O-])C1. The Morgan fingerprint density at radius 2 is 2.40 bits per heavy atom. The van der Waals surface area contributed by atoms with Gasteiger partial charge in [0.05, 0.1) is 11.5 Å². The van der Waals surface area contributed by atoms with Crippen molar-refractivity contribution in [1.29, 1.82) is 0 Å². The number of nitro groups is 1. The molecule has 1 saturated heterocycles. The molecule has 110 valence electrons. The van der Waals surface area contributed by atoms with E-state index in [1.807, 2.05) is 7.05 Å². The van der Waals surface area contributed by atoms with E-state index in [4.69, 9.17) is 15.2 Å². The molecule has 0 aliphatic carbocycles. The van der Waals surface area contributed by atoms with Gasteiger partial charge in [0.25, 0.3) is 0 Å². The van der Waals surface area contributed by atoms with Gasteiger partial charge in [-0.3, -0.25) is 10.1 Å². The topological polar surface area (TPSA) is 90.9 Å². The molecule has 1 aromatic rings. The van der Waals surface area contributed by atoms with Crippen LogP contribution in [0.25, 0.3) is 0 Å². The van der Waals surface area contributed by atoms with E-state index in [1.165, 1.54) is 6.07 Å². The number of hydrogen-bond acceptors (Lipinski definition) is 6. The first-order valence-electron chi connectivity index (χ1n) is 6.50. The maximum absolute atomic E-state index is 11.0. The van der Waals surface area contributed by atoms with Crippen LogP contribution in [0.4, 0.5) is 5.69 Å². The van der Waals surface area contributed by atoms with Crippen molar-refractivity contribution in [3.8, 4) is 5.75 Å². The average Bonchev–Trinajstić information content (AvgIpc) is 2.45. The first-order chi connectivity index (χ1) is 9.60. The molecule has 0 spiro atoms. The van der Waals surface area contributed by atoms with E-state index >= 15 is 0 Å². The van der Waals surface area contributed by atoms with Crippen molar-refractivity contribution in [3.05, 3.63) is 33.9 Å². The van der Waals surface area contributed by atoms with Crippen molar-refractivity contribution >= 4 is 5.69 Å². The highest BCUT2D eigenvalue weighted by molar-refractivity contribution is 5.48. The van der Waals surface area contributed by atoms with Gasteiger partial charge in [0.2, 0.25) is 0 Å². The van der Waals surface area contributed by atoms with Crippen molar-refractivity contribution in [2.75, 3.05) is 33.4 Å². The zero-order chi connectivity index (χ0) is 14.5. The van der Waals surface area contributed by atoms with Crippen LogP contribution in [0.3, 0.4) is 0 Å². The number of nitrogens with two attached hydrogens (primary N) is 1. The van der Waals surface area contributed by atoms with Gasteiger partial charge in [-0.2, -0.15) is 0 Å². The molecule has 0 saturated carbocycles. The fraction of sp³-hybridized carbons (Fsp3) is 0.538. The molecular weight excluding hydrogens is 262 g/mol. The lowest BCUT2D eigenvalue weighted by molar-refractivity contribution is -0.386. The van der Waals surface area contributed by atoms with Crippen molar-refractivity contribution in [2.24, 2.45) is 5.73 Å². The summed E-state index contributed by atoms with van der Waals surface area (Å²) in [6.07, 6.45) is -0.0671. The van der Waals surface area contributed by atoms with E-state index in [1.54, 1.807) is 12.1 Å². The van der Waals surface area contributed by atoms with E-state index in [-0.39, 0.29) is 24.1 Å². The van der Waals surface area contributed by atoms with Crippen LogP contribution in [0, 0.1) is 10.1 Å². The third kappa shape index (κ3) is 3.66. The second-order valence-electron chi connectivity index (χ2n) is 4.83. The lowest BCUT2D eigenvalue weighted by Gasteiger charge is -2.29. The smallest absolute Gasteiger partial charge is 0.311 e. The molecule has 7 heteroatoms. The first-order valence-corrected chi connectivity index (χ1v) is 6.50. The summed E-state index contributed by atoms with van der Waals surface area (Å²) in [4.78, 5) is 12.7. The second-order valence-corrected chi connectivity index (χ2v) is 4.83. The minimum atomic E-state index is -0.456. The minimum Gasteiger partial charge on any atom is -0.484 e. The lowest BCUT2D eigenvalue weighted by atomic mass is 10.2. The van der Waals surface area contributed by atoms with Gasteiger partial charge in [-0.1, -0.05) is 6.07 Å². The number of morpholine rings is 1. The van der Waals surface area contributed by atoms with Crippen molar-refractivity contribution in [1.82, 2.24) is 4.90 Å². The number of hydrogen-bond donors (Lipinski definition) is 1. The third-order valence-corrected chi connectivity index (χ3v) is 3.22. The summed E-state index contributed by atoms with van der Waals surface area (Å²) in [5, 5.41) is 11.0. The zero-order valence-corrected chi connectivity index (χ0v) is 11.4. The zero-order valence-electron chi connectivity index (χ0n) is 11.4. The van der Waals surface area contributed by atoms with Gasteiger partial charge in [-0.25, -0.2) is 0 Å². The fourth-order valence-electron chi connectivity index (χ4n) is 2.11. The highest BCUT2D eigenvalue weighted by Crippen LogP contribution is 2.28. The standard InChI is InChI=1S/C13H19N3O4/c1-15-4-5-19-11(8-15)9-20-13-3-2-10(7-14)6-12(13)16(17)18/h2-3,6,11H,4-5,7-9,14H2,1H3. The Morgan fingerprint density at radius 1 is 1.60 bits per heavy atom. The van der Waals surface area contributed by atoms with Gasteiger partial charge in [-0.15, -0.1) is 0 Å². The average molecular weight is 281 g/mol. The largest absolute Gasteiger partial charge is 0.484 e. The van der Waals surface area contributed by atoms with Gasteiger partial charge in [0.15, 0.2) is 5.75 Å². The van der Waals surface area contributed by atoms with Gasteiger partial charge in [-0.05, 0) is 18.7 Å². The summed E-state index contributed by atoms with van der Waals surface area (Å²) in [5.74, 6) is 0.254. The van der Waals surface area contributed by atoms with Crippen molar-refractivity contribution in [2.45, 2.75) is 12.6 Å². The van der Waals surface area contributed by atoms with E-state index in [0.717, 1.165) is 13.1 Å². The molecule has 20 heavy (non-hydrogen) atoms. The Balaban J connectivity index is 2.03. The Bertz CT molecular complexity index is 481. The molecule has 2 rings (SSSR count). The molecule has 1 fully saturated rings. The molecule has 1 unspecified atom stereocenters. The lowest BCUT2D eigenvalue weighted by Crippen LogP contribution is -2.42. The van der Waals surface area contributed by atoms with Crippen LogP contribution in [-0.4, -0.2) is 49.3 Å². The van der Waals surface area contributed by atoms with Crippen molar-refractivity contribution in [3.63, 3.8) is 0 Å². The van der Waals surface area contributed by atoms with Gasteiger partial charge >= 0.3 is 5.69 Å². The molecular formula is C13H19N3O4. The quantitative estimate of drug-likeness (QED) is 0.633. The van der Waals surface area contributed by atoms with Gasteiger partial charge in [0.1, 0.15) is 12.7 Å². The summed E-state index contributed by atoms with van der Waals surface area (Å²) >= 11 is 0. The third-order valence-electron chi connectivity index (χ3n) is 3.22. The number of nitrogens with zero attached hydrogens (tertiary/aromatic N) is 2. The van der Waals surface area contributed by atoms with Crippen LogP contribution >= 0.6 is 0 Å². The minimum absolute atomic E-state index is 0.0582. The molecule has 1 aromatic carbocycles. The summed E-state index contributed by atoms with van der Waals surface area (Å²) in [6, 6.07) is 4.77. The number of likely N-dealkylation sites (N-methyl/N-ethyl adjacent to an activating group) is 1. The molecule has 1 atom stereocenters. The van der Waals surface area contributed by atoms with Gasteiger partial charge in [0, 0.05) is 25.7 Å². The Hall–Kier alpha value is -1.70. The maximum atomic E-state index is 11.0. The molecule has 7 nitrogen and oxygen atoms in total. The molecule has 1 aliphatic heterocycles. The predicted molar refractivity (Wildman–Crippen MR) is 73.7 cm³/mol. The highest BCUT2D eigenvalue weighted by atomic mass is 16.6. The van der Waals surface area contributed by atoms with E-state index in [9.17, 15) is 10.1 Å². The normalized spacial score (nSPS) is 19.8. The number of nitro benzene ring substituents is 1. The van der Waals surface area contributed by atoms with Crippen LogP contribution in [0.1, 0.15) is 5.56 Å².